The highest BCUT2D eigenvalue weighted by molar-refractivity contribution is 5.92. The van der Waals surface area contributed by atoms with Crippen molar-refractivity contribution in [1.29, 1.82) is 0 Å². The highest BCUT2D eigenvalue weighted by atomic mass is 19.1. The molecule has 0 atom stereocenters. The number of H-pyrrole nitrogens is 1. The number of rotatable bonds is 6. The summed E-state index contributed by atoms with van der Waals surface area (Å²) in [7, 11) is 0. The molecule has 0 aliphatic rings. The molecule has 2 aromatic carbocycles. The van der Waals surface area contributed by atoms with Crippen LogP contribution in [0.4, 0.5) is 4.39 Å². The van der Waals surface area contributed by atoms with Gasteiger partial charge >= 0.3 is 0 Å². The van der Waals surface area contributed by atoms with Crippen molar-refractivity contribution in [3.05, 3.63) is 112 Å². The number of aromatic amines is 1. The largest absolute Gasteiger partial charge is 0.308 e. The molecule has 0 spiro atoms. The lowest BCUT2D eigenvalue weighted by Gasteiger charge is -2.06. The molecule has 5 rings (SSSR count). The van der Waals surface area contributed by atoms with Gasteiger partial charge in [0.1, 0.15) is 17.2 Å². The van der Waals surface area contributed by atoms with Gasteiger partial charge in [-0.1, -0.05) is 24.3 Å². The number of benzene rings is 2. The number of halogens is 1. The van der Waals surface area contributed by atoms with Gasteiger partial charge in [-0.15, -0.1) is 0 Å². The Kier molecular flexibility index (Phi) is 5.31. The van der Waals surface area contributed by atoms with Gasteiger partial charge in [0.25, 0.3) is 5.56 Å². The third-order valence-corrected chi connectivity index (χ3v) is 5.25. The second-order valence-corrected chi connectivity index (χ2v) is 7.45. The lowest BCUT2D eigenvalue weighted by molar-refractivity contribution is 0.628. The number of nitrogens with one attached hydrogen (secondary N) is 2. The van der Waals surface area contributed by atoms with E-state index in [-0.39, 0.29) is 11.4 Å². The summed E-state index contributed by atoms with van der Waals surface area (Å²) in [5.74, 6) is -0.311. The van der Waals surface area contributed by atoms with Gasteiger partial charge in [0.15, 0.2) is 0 Å². The maximum atomic E-state index is 13.5. The molecular weight excluding hydrogens is 405 g/mol. The van der Waals surface area contributed by atoms with Crippen molar-refractivity contribution in [3.63, 3.8) is 0 Å². The summed E-state index contributed by atoms with van der Waals surface area (Å²) in [6, 6.07) is 21.5. The molecule has 0 amide bonds. The number of nitrogens with zero attached hydrogens (tertiary/aromatic N) is 3. The molecule has 0 saturated carbocycles. The van der Waals surface area contributed by atoms with Gasteiger partial charge in [0, 0.05) is 42.0 Å². The molecule has 2 N–H and O–H groups in total. The van der Waals surface area contributed by atoms with Crippen molar-refractivity contribution >= 4 is 11.0 Å². The van der Waals surface area contributed by atoms with Gasteiger partial charge in [0.2, 0.25) is 0 Å². The first kappa shape index (κ1) is 19.8. The van der Waals surface area contributed by atoms with Crippen molar-refractivity contribution in [2.24, 2.45) is 0 Å². The van der Waals surface area contributed by atoms with Gasteiger partial charge in [-0.3, -0.25) is 9.78 Å². The molecule has 0 radical (unpaired) electrons. The Morgan fingerprint density at radius 1 is 0.969 bits per heavy atom. The number of fused-ring (bicyclic) bond motifs is 1. The van der Waals surface area contributed by atoms with Crippen LogP contribution in [-0.4, -0.2) is 19.7 Å². The minimum atomic E-state index is -0.311. The van der Waals surface area contributed by atoms with Crippen molar-refractivity contribution in [3.8, 4) is 16.9 Å². The smallest absolute Gasteiger partial charge is 0.254 e. The standard InChI is InChI=1S/C25H20FN5O/c26-20-10-8-18(9-11-20)23-22-13-19(16-28-15-17-5-4-12-27-14-17)25(32)29-24(22)31(30-23)21-6-2-1-3-7-21/h1-14,28H,15-16H2,(H,29,32). The number of pyridine rings is 2. The SMILES string of the molecule is O=c1[nH]c2c(cc1CNCc1cccnc1)c(-c1ccc(F)cc1)nn2-c1ccccc1. The highest BCUT2D eigenvalue weighted by Gasteiger charge is 2.16. The first-order valence-electron chi connectivity index (χ1n) is 10.2. The van der Waals surface area contributed by atoms with Crippen LogP contribution in [0.5, 0.6) is 0 Å². The van der Waals surface area contributed by atoms with Gasteiger partial charge in [-0.25, -0.2) is 9.07 Å². The van der Waals surface area contributed by atoms with E-state index in [1.165, 1.54) is 12.1 Å². The zero-order valence-corrected chi connectivity index (χ0v) is 17.1. The lowest BCUT2D eigenvalue weighted by Crippen LogP contribution is -2.21. The lowest BCUT2D eigenvalue weighted by atomic mass is 10.1. The van der Waals surface area contributed by atoms with Crippen LogP contribution in [0.1, 0.15) is 11.1 Å². The average molecular weight is 425 g/mol. The van der Waals surface area contributed by atoms with Crippen molar-refractivity contribution in [2.75, 3.05) is 0 Å². The predicted octanol–water partition coefficient (Wildman–Crippen LogP) is 4.20. The van der Waals surface area contributed by atoms with E-state index in [2.05, 4.69) is 15.3 Å². The second kappa shape index (κ2) is 8.56. The zero-order valence-electron chi connectivity index (χ0n) is 17.1. The summed E-state index contributed by atoms with van der Waals surface area (Å²) in [4.78, 5) is 20.0. The number of para-hydroxylation sites is 1. The highest BCUT2D eigenvalue weighted by Crippen LogP contribution is 2.29. The molecule has 0 aliphatic heterocycles. The molecule has 0 saturated heterocycles. The Morgan fingerprint density at radius 2 is 1.78 bits per heavy atom. The maximum absolute atomic E-state index is 13.5. The molecule has 7 heteroatoms. The van der Waals surface area contributed by atoms with Crippen molar-refractivity contribution in [2.45, 2.75) is 13.1 Å². The summed E-state index contributed by atoms with van der Waals surface area (Å²) >= 11 is 0. The van der Waals surface area contributed by atoms with E-state index in [1.807, 2.05) is 48.5 Å². The fraction of sp³-hybridized carbons (Fsp3) is 0.0800. The van der Waals surface area contributed by atoms with Crippen LogP contribution in [0, 0.1) is 5.82 Å². The van der Waals surface area contributed by atoms with Gasteiger partial charge < -0.3 is 10.3 Å². The number of hydrogen-bond acceptors (Lipinski definition) is 4. The van der Waals surface area contributed by atoms with Crippen molar-refractivity contribution in [1.82, 2.24) is 25.1 Å². The van der Waals surface area contributed by atoms with E-state index in [0.717, 1.165) is 22.2 Å². The second-order valence-electron chi connectivity index (χ2n) is 7.45. The predicted molar refractivity (Wildman–Crippen MR) is 122 cm³/mol. The van der Waals surface area contributed by atoms with Gasteiger partial charge in [0.05, 0.1) is 5.69 Å². The number of hydrogen-bond donors (Lipinski definition) is 2. The summed E-state index contributed by atoms with van der Waals surface area (Å²) in [6.07, 6.45) is 3.51. The van der Waals surface area contributed by atoms with Crippen LogP contribution in [0.2, 0.25) is 0 Å². The third-order valence-electron chi connectivity index (χ3n) is 5.25. The minimum Gasteiger partial charge on any atom is -0.308 e. The quantitative estimate of drug-likeness (QED) is 0.427. The summed E-state index contributed by atoms with van der Waals surface area (Å²) in [6.45, 7) is 0.985. The summed E-state index contributed by atoms with van der Waals surface area (Å²) in [5.41, 5.74) is 4.31. The van der Waals surface area contributed by atoms with Crippen LogP contribution in [0.25, 0.3) is 28.0 Å². The fourth-order valence-corrected chi connectivity index (χ4v) is 3.67. The monoisotopic (exact) mass is 425 g/mol. The average Bonchev–Trinajstić information content (AvgIpc) is 3.19. The topological polar surface area (TPSA) is 75.6 Å². The van der Waals surface area contributed by atoms with E-state index >= 15 is 0 Å². The molecule has 0 fully saturated rings. The molecule has 3 heterocycles. The summed E-state index contributed by atoms with van der Waals surface area (Å²) in [5, 5.41) is 8.85. The zero-order chi connectivity index (χ0) is 21.9. The van der Waals surface area contributed by atoms with E-state index in [1.54, 1.807) is 29.2 Å². The van der Waals surface area contributed by atoms with Gasteiger partial charge in [-0.2, -0.15) is 5.10 Å². The van der Waals surface area contributed by atoms with Crippen LogP contribution in [0.15, 0.2) is 90.0 Å². The maximum Gasteiger partial charge on any atom is 0.254 e. The number of aromatic nitrogens is 4. The Morgan fingerprint density at radius 3 is 2.53 bits per heavy atom. The first-order chi connectivity index (χ1) is 15.7. The third kappa shape index (κ3) is 3.93. The van der Waals surface area contributed by atoms with Crippen LogP contribution >= 0.6 is 0 Å². The molecule has 0 aliphatic carbocycles. The molecule has 0 unspecified atom stereocenters. The fourth-order valence-electron chi connectivity index (χ4n) is 3.67. The molecule has 5 aromatic rings. The Labute approximate surface area is 183 Å². The normalized spacial score (nSPS) is 11.2. The Hall–Kier alpha value is -4.10. The molecule has 6 nitrogen and oxygen atoms in total. The van der Waals surface area contributed by atoms with Crippen LogP contribution in [-0.2, 0) is 13.1 Å². The molecule has 32 heavy (non-hydrogen) atoms. The molecule has 3 aromatic heterocycles. The van der Waals surface area contributed by atoms with Crippen molar-refractivity contribution < 1.29 is 4.39 Å². The van der Waals surface area contributed by atoms with E-state index < -0.39 is 0 Å². The Balaban J connectivity index is 1.57. The van der Waals surface area contributed by atoms with Crippen LogP contribution < -0.4 is 10.9 Å². The minimum absolute atomic E-state index is 0.182. The van der Waals surface area contributed by atoms with Gasteiger partial charge in [-0.05, 0) is 54.1 Å². The summed E-state index contributed by atoms with van der Waals surface area (Å²) < 4.78 is 15.2. The molecule has 158 valence electrons. The van der Waals surface area contributed by atoms with E-state index in [0.29, 0.717) is 30.0 Å². The first-order valence-corrected chi connectivity index (χ1v) is 10.2. The Bertz CT molecular complexity index is 1410. The van der Waals surface area contributed by atoms with Crippen LogP contribution in [0.3, 0.4) is 0 Å². The molecular formula is C25H20FN5O. The van der Waals surface area contributed by atoms with E-state index in [9.17, 15) is 9.18 Å². The van der Waals surface area contributed by atoms with E-state index in [4.69, 9.17) is 5.10 Å². The molecule has 0 bridgehead atoms.